The molecule has 0 aromatic rings. The maximum Gasteiger partial charge on any atom is 0.0223 e. The first kappa shape index (κ1) is 17.2. The summed E-state index contributed by atoms with van der Waals surface area (Å²) in [4.78, 5) is 5.51. The highest BCUT2D eigenvalue weighted by Gasteiger charge is 2.32. The number of unbranched alkanes of at least 4 members (excludes halogenated alkanes) is 2. The summed E-state index contributed by atoms with van der Waals surface area (Å²) in [6.07, 6.45) is 8.40. The van der Waals surface area contributed by atoms with Crippen LogP contribution < -0.4 is 5.32 Å². The van der Waals surface area contributed by atoms with E-state index in [-0.39, 0.29) is 0 Å². The summed E-state index contributed by atoms with van der Waals surface area (Å²) < 4.78 is 0. The van der Waals surface area contributed by atoms with Crippen LogP contribution in [-0.4, -0.2) is 61.2 Å². The average Bonchev–Trinajstić information content (AvgIpc) is 2.46. The van der Waals surface area contributed by atoms with Crippen molar-refractivity contribution in [2.45, 2.75) is 71.4 Å². The van der Waals surface area contributed by atoms with E-state index in [4.69, 9.17) is 0 Å². The van der Waals surface area contributed by atoms with Gasteiger partial charge in [0.05, 0.1) is 0 Å². The molecule has 0 saturated carbocycles. The molecule has 2 fully saturated rings. The van der Waals surface area contributed by atoms with E-state index in [1.807, 2.05) is 0 Å². The molecule has 0 aromatic carbocycles. The van der Waals surface area contributed by atoms with Gasteiger partial charge in [0.1, 0.15) is 0 Å². The Morgan fingerprint density at radius 1 is 1.10 bits per heavy atom. The van der Waals surface area contributed by atoms with Gasteiger partial charge < -0.3 is 5.32 Å². The van der Waals surface area contributed by atoms with Crippen LogP contribution in [-0.2, 0) is 0 Å². The van der Waals surface area contributed by atoms with Crippen molar-refractivity contribution in [1.82, 2.24) is 15.1 Å². The van der Waals surface area contributed by atoms with Crippen LogP contribution in [0.5, 0.6) is 0 Å². The molecule has 0 spiro atoms. The summed E-state index contributed by atoms with van der Waals surface area (Å²) in [5.41, 5.74) is 0. The van der Waals surface area contributed by atoms with Crippen LogP contribution in [0.15, 0.2) is 0 Å². The van der Waals surface area contributed by atoms with Gasteiger partial charge in [-0.15, -0.1) is 0 Å². The zero-order valence-electron chi connectivity index (χ0n) is 14.6. The Bertz CT molecular complexity index is 280. The van der Waals surface area contributed by atoms with Gasteiger partial charge in [0.25, 0.3) is 0 Å². The van der Waals surface area contributed by atoms with Gasteiger partial charge >= 0.3 is 0 Å². The predicted octanol–water partition coefficient (Wildman–Crippen LogP) is 2.96. The molecule has 1 N–H and O–H groups in total. The Labute approximate surface area is 132 Å². The Balaban J connectivity index is 1.55. The molecule has 124 valence electrons. The second-order valence-corrected chi connectivity index (χ2v) is 7.65. The second-order valence-electron chi connectivity index (χ2n) is 7.65. The quantitative estimate of drug-likeness (QED) is 0.695. The van der Waals surface area contributed by atoms with Crippen LogP contribution in [0.4, 0.5) is 0 Å². The lowest BCUT2D eigenvalue weighted by atomic mass is 9.97. The molecule has 2 saturated heterocycles. The zero-order valence-corrected chi connectivity index (χ0v) is 14.6. The van der Waals surface area contributed by atoms with Gasteiger partial charge in [-0.2, -0.15) is 0 Å². The van der Waals surface area contributed by atoms with Gasteiger partial charge in [-0.3, -0.25) is 9.80 Å². The number of piperidine rings is 1. The summed E-state index contributed by atoms with van der Waals surface area (Å²) in [5.74, 6) is 0.776. The van der Waals surface area contributed by atoms with Gasteiger partial charge in [-0.1, -0.05) is 26.7 Å². The molecule has 3 nitrogen and oxygen atoms in total. The van der Waals surface area contributed by atoms with Crippen LogP contribution in [0, 0.1) is 5.92 Å². The Kier molecular flexibility index (Phi) is 7.48. The third-order valence-corrected chi connectivity index (χ3v) is 5.17. The molecule has 2 atom stereocenters. The molecule has 2 heterocycles. The number of hydrogen-bond acceptors (Lipinski definition) is 3. The highest BCUT2D eigenvalue weighted by Crippen LogP contribution is 2.24. The summed E-state index contributed by atoms with van der Waals surface area (Å²) in [7, 11) is 0. The normalized spacial score (nSPS) is 28.0. The molecular formula is C18H37N3. The van der Waals surface area contributed by atoms with Crippen molar-refractivity contribution >= 4 is 0 Å². The van der Waals surface area contributed by atoms with E-state index in [9.17, 15) is 0 Å². The summed E-state index contributed by atoms with van der Waals surface area (Å²) in [6, 6.07) is 1.63. The fourth-order valence-corrected chi connectivity index (χ4v) is 3.86. The van der Waals surface area contributed by atoms with Gasteiger partial charge in [0.2, 0.25) is 0 Å². The van der Waals surface area contributed by atoms with Crippen molar-refractivity contribution in [3.8, 4) is 0 Å². The Hall–Kier alpha value is -0.120. The van der Waals surface area contributed by atoms with E-state index >= 15 is 0 Å². The van der Waals surface area contributed by atoms with Gasteiger partial charge in [-0.05, 0) is 64.7 Å². The maximum absolute atomic E-state index is 3.55. The van der Waals surface area contributed by atoms with Crippen molar-refractivity contribution in [2.75, 3.05) is 39.3 Å². The van der Waals surface area contributed by atoms with E-state index in [0.717, 1.165) is 18.0 Å². The van der Waals surface area contributed by atoms with E-state index in [1.54, 1.807) is 0 Å². The third-order valence-electron chi connectivity index (χ3n) is 5.17. The fourth-order valence-electron chi connectivity index (χ4n) is 3.86. The molecule has 3 heteroatoms. The van der Waals surface area contributed by atoms with E-state index in [1.165, 1.54) is 77.8 Å². The van der Waals surface area contributed by atoms with Crippen molar-refractivity contribution in [3.63, 3.8) is 0 Å². The number of nitrogens with zero attached hydrogens (tertiary/aromatic N) is 2. The number of piperazine rings is 1. The minimum absolute atomic E-state index is 0.762. The van der Waals surface area contributed by atoms with Gasteiger partial charge in [-0.25, -0.2) is 0 Å². The summed E-state index contributed by atoms with van der Waals surface area (Å²) in [5, 5.41) is 3.55. The summed E-state index contributed by atoms with van der Waals surface area (Å²) in [6.45, 7) is 14.6. The number of hydrogen-bond donors (Lipinski definition) is 1. The van der Waals surface area contributed by atoms with E-state index < -0.39 is 0 Å². The minimum atomic E-state index is 0.762. The average molecular weight is 296 g/mol. The number of rotatable bonds is 8. The topological polar surface area (TPSA) is 18.5 Å². The lowest BCUT2D eigenvalue weighted by molar-refractivity contribution is 0.0146. The molecule has 0 aromatic heterocycles. The predicted molar refractivity (Wildman–Crippen MR) is 91.8 cm³/mol. The Morgan fingerprint density at radius 3 is 2.76 bits per heavy atom. The number of nitrogens with one attached hydrogen (secondary N) is 1. The SMILES string of the molecule is CC(C)CNCCCCCN1CC2CCCCN2CC1C. The molecule has 21 heavy (non-hydrogen) atoms. The van der Waals surface area contributed by atoms with Crippen LogP contribution in [0.3, 0.4) is 0 Å². The molecule has 0 radical (unpaired) electrons. The molecule has 0 bridgehead atoms. The molecule has 2 aliphatic rings. The van der Waals surface area contributed by atoms with Crippen LogP contribution in [0.1, 0.15) is 59.3 Å². The van der Waals surface area contributed by atoms with Crippen molar-refractivity contribution in [2.24, 2.45) is 5.92 Å². The zero-order chi connectivity index (χ0) is 15.1. The summed E-state index contributed by atoms with van der Waals surface area (Å²) >= 11 is 0. The highest BCUT2D eigenvalue weighted by atomic mass is 15.3. The van der Waals surface area contributed by atoms with E-state index in [0.29, 0.717) is 0 Å². The second kappa shape index (κ2) is 9.12. The molecule has 0 amide bonds. The molecule has 2 rings (SSSR count). The third kappa shape index (κ3) is 5.88. The molecule has 2 aliphatic heterocycles. The largest absolute Gasteiger partial charge is 0.316 e. The van der Waals surface area contributed by atoms with Crippen LogP contribution in [0.25, 0.3) is 0 Å². The maximum atomic E-state index is 3.55. The monoisotopic (exact) mass is 295 g/mol. The smallest absolute Gasteiger partial charge is 0.0223 e. The fraction of sp³-hybridized carbons (Fsp3) is 1.00. The molecule has 2 unspecified atom stereocenters. The molecular weight excluding hydrogens is 258 g/mol. The van der Waals surface area contributed by atoms with Gasteiger partial charge in [0.15, 0.2) is 0 Å². The minimum Gasteiger partial charge on any atom is -0.316 e. The highest BCUT2D eigenvalue weighted by molar-refractivity contribution is 4.88. The lowest BCUT2D eigenvalue weighted by Crippen LogP contribution is -2.58. The number of fused-ring (bicyclic) bond motifs is 1. The Morgan fingerprint density at radius 2 is 1.95 bits per heavy atom. The van der Waals surface area contributed by atoms with Crippen LogP contribution >= 0.6 is 0 Å². The first-order valence-corrected chi connectivity index (χ1v) is 9.35. The van der Waals surface area contributed by atoms with E-state index in [2.05, 4.69) is 35.9 Å². The van der Waals surface area contributed by atoms with Gasteiger partial charge in [0, 0.05) is 25.2 Å². The standard InChI is InChI=1S/C18H37N3/c1-16(2)13-19-10-6-4-7-11-20-15-18-9-5-8-12-21(18)14-17(20)3/h16-19H,4-15H2,1-3H3. The van der Waals surface area contributed by atoms with Crippen molar-refractivity contribution in [3.05, 3.63) is 0 Å². The lowest BCUT2D eigenvalue weighted by Gasteiger charge is -2.47. The van der Waals surface area contributed by atoms with Crippen molar-refractivity contribution in [1.29, 1.82) is 0 Å². The molecule has 0 aliphatic carbocycles. The first-order chi connectivity index (χ1) is 10.2. The first-order valence-electron chi connectivity index (χ1n) is 9.35. The van der Waals surface area contributed by atoms with Crippen LogP contribution in [0.2, 0.25) is 0 Å². The van der Waals surface area contributed by atoms with Crippen molar-refractivity contribution < 1.29 is 0 Å².